The molecule has 3 aromatic carbocycles. The summed E-state index contributed by atoms with van der Waals surface area (Å²) in [5.41, 5.74) is 1.89. The van der Waals surface area contributed by atoms with Crippen molar-refractivity contribution >= 4 is 16.9 Å². The molecule has 0 fully saturated rings. The van der Waals surface area contributed by atoms with E-state index in [2.05, 4.69) is 10.3 Å². The average molecular weight is 438 g/mol. The number of hydrogen-bond donors (Lipinski definition) is 3. The summed E-state index contributed by atoms with van der Waals surface area (Å²) < 4.78 is 39.6. The van der Waals surface area contributed by atoms with Gasteiger partial charge in [-0.25, -0.2) is 0 Å². The normalized spacial score (nSPS) is 13.7. The van der Waals surface area contributed by atoms with Crippen molar-refractivity contribution in [1.29, 1.82) is 0 Å². The molecule has 1 aromatic heterocycles. The van der Waals surface area contributed by atoms with Gasteiger partial charge in [0.25, 0.3) is 0 Å². The summed E-state index contributed by atoms with van der Waals surface area (Å²) in [6.45, 7) is 0. The lowest BCUT2D eigenvalue weighted by Gasteiger charge is -2.24. The first-order valence-corrected chi connectivity index (χ1v) is 10.1. The van der Waals surface area contributed by atoms with Gasteiger partial charge in [-0.15, -0.1) is 0 Å². The van der Waals surface area contributed by atoms with Crippen molar-refractivity contribution in [3.63, 3.8) is 0 Å². The molecule has 0 aliphatic heterocycles. The van der Waals surface area contributed by atoms with Crippen molar-refractivity contribution < 1.29 is 23.1 Å². The summed E-state index contributed by atoms with van der Waals surface area (Å²) in [4.78, 5) is 15.3. The van der Waals surface area contributed by atoms with Crippen LogP contribution in [0.25, 0.3) is 10.9 Å². The lowest BCUT2D eigenvalue weighted by molar-refractivity contribution is -0.141. The Kier molecular flexibility index (Phi) is 6.01. The van der Waals surface area contributed by atoms with Crippen LogP contribution in [0.4, 0.5) is 13.2 Å². The smallest absolute Gasteiger partial charge is 0.416 e. The Morgan fingerprint density at radius 2 is 1.69 bits per heavy atom. The number of carbonyl (C=O) groups is 1. The highest BCUT2D eigenvalue weighted by atomic mass is 19.4. The topological polar surface area (TPSA) is 65.1 Å². The molecule has 0 amide bonds. The van der Waals surface area contributed by atoms with Crippen LogP contribution in [0.2, 0.25) is 0 Å². The molecular formula is C25H21F3N2O2. The molecule has 2 unspecified atom stereocenters. The highest BCUT2D eigenvalue weighted by Gasteiger charge is 2.32. The number of hydrogen-bond acceptors (Lipinski definition) is 2. The predicted molar refractivity (Wildman–Crippen MR) is 116 cm³/mol. The first-order chi connectivity index (χ1) is 15.3. The first kappa shape index (κ1) is 21.6. The van der Waals surface area contributed by atoms with Gasteiger partial charge in [-0.1, -0.05) is 60.7 Å². The second kappa shape index (κ2) is 8.88. The van der Waals surface area contributed by atoms with Gasteiger partial charge >= 0.3 is 12.1 Å². The van der Waals surface area contributed by atoms with E-state index in [-0.39, 0.29) is 5.56 Å². The third-order valence-corrected chi connectivity index (χ3v) is 5.44. The number of aliphatic carboxylic acids is 1. The van der Waals surface area contributed by atoms with Gasteiger partial charge in [0.2, 0.25) is 0 Å². The van der Waals surface area contributed by atoms with E-state index in [1.54, 1.807) is 0 Å². The number of carboxylic acids is 1. The highest BCUT2D eigenvalue weighted by Crippen LogP contribution is 2.33. The van der Waals surface area contributed by atoms with Crippen molar-refractivity contribution in [2.75, 3.05) is 0 Å². The SMILES string of the molecule is O=C(O)C(NC(Cc1ccccc1)c1c[nH]c2ccccc12)c1cccc(C(F)(F)F)c1. The zero-order chi connectivity index (χ0) is 22.7. The monoisotopic (exact) mass is 438 g/mol. The lowest BCUT2D eigenvalue weighted by atomic mass is 9.95. The van der Waals surface area contributed by atoms with Gasteiger partial charge in [-0.2, -0.15) is 13.2 Å². The van der Waals surface area contributed by atoms with Gasteiger partial charge in [0.1, 0.15) is 6.04 Å². The molecule has 0 spiro atoms. The molecule has 3 N–H and O–H groups in total. The number of fused-ring (bicyclic) bond motifs is 1. The number of aromatic amines is 1. The number of aromatic nitrogens is 1. The Morgan fingerprint density at radius 1 is 0.969 bits per heavy atom. The molecule has 0 saturated heterocycles. The number of carboxylic acid groups (broad SMARTS) is 1. The van der Waals surface area contributed by atoms with Crippen LogP contribution in [0.5, 0.6) is 0 Å². The summed E-state index contributed by atoms with van der Waals surface area (Å²) in [7, 11) is 0. The molecule has 32 heavy (non-hydrogen) atoms. The third kappa shape index (κ3) is 4.68. The van der Waals surface area contributed by atoms with E-state index in [1.165, 1.54) is 12.1 Å². The van der Waals surface area contributed by atoms with Crippen LogP contribution in [-0.4, -0.2) is 16.1 Å². The van der Waals surface area contributed by atoms with Crippen LogP contribution in [0, 0.1) is 0 Å². The molecule has 2 atom stereocenters. The van der Waals surface area contributed by atoms with Gasteiger partial charge < -0.3 is 10.1 Å². The minimum atomic E-state index is -4.56. The molecule has 0 aliphatic rings. The second-order valence-corrected chi connectivity index (χ2v) is 7.59. The minimum absolute atomic E-state index is 0.0465. The maximum absolute atomic E-state index is 13.2. The number of H-pyrrole nitrogens is 1. The summed E-state index contributed by atoms with van der Waals surface area (Å²) in [6, 6.07) is 19.9. The maximum Gasteiger partial charge on any atom is 0.416 e. The van der Waals surface area contributed by atoms with Crippen molar-refractivity contribution in [2.45, 2.75) is 24.7 Å². The first-order valence-electron chi connectivity index (χ1n) is 10.1. The molecule has 4 rings (SSSR count). The van der Waals surface area contributed by atoms with Crippen molar-refractivity contribution in [1.82, 2.24) is 10.3 Å². The van der Waals surface area contributed by atoms with Crippen molar-refractivity contribution in [2.24, 2.45) is 0 Å². The molecule has 7 heteroatoms. The van der Waals surface area contributed by atoms with E-state index in [0.29, 0.717) is 6.42 Å². The fourth-order valence-corrected chi connectivity index (χ4v) is 3.90. The zero-order valence-electron chi connectivity index (χ0n) is 16.9. The number of para-hydroxylation sites is 1. The van der Waals surface area contributed by atoms with Gasteiger partial charge in [-0.3, -0.25) is 10.1 Å². The number of rotatable bonds is 7. The van der Waals surface area contributed by atoms with Crippen LogP contribution in [-0.2, 0) is 17.4 Å². The van der Waals surface area contributed by atoms with E-state index in [1.807, 2.05) is 60.8 Å². The molecule has 4 nitrogen and oxygen atoms in total. The van der Waals surface area contributed by atoms with E-state index in [0.717, 1.165) is 34.2 Å². The molecule has 0 saturated carbocycles. The quantitative estimate of drug-likeness (QED) is 0.337. The Balaban J connectivity index is 1.74. The summed E-state index contributed by atoms with van der Waals surface area (Å²) in [6.07, 6.45) is -2.28. The molecule has 1 heterocycles. The van der Waals surface area contributed by atoms with Gasteiger partial charge in [0, 0.05) is 23.1 Å². The Bertz CT molecular complexity index is 1220. The highest BCUT2D eigenvalue weighted by molar-refractivity contribution is 5.84. The molecule has 0 radical (unpaired) electrons. The van der Waals surface area contributed by atoms with Crippen LogP contribution in [0.3, 0.4) is 0 Å². The number of benzene rings is 3. The summed E-state index contributed by atoms with van der Waals surface area (Å²) in [5.74, 6) is -1.25. The van der Waals surface area contributed by atoms with Crippen LogP contribution in [0.15, 0.2) is 85.1 Å². The number of halogens is 3. The van der Waals surface area contributed by atoms with Gasteiger partial charge in [-0.05, 0) is 41.3 Å². The second-order valence-electron chi connectivity index (χ2n) is 7.59. The van der Waals surface area contributed by atoms with Gasteiger partial charge in [0.05, 0.1) is 5.56 Å². The van der Waals surface area contributed by atoms with E-state index >= 15 is 0 Å². The maximum atomic E-state index is 13.2. The Morgan fingerprint density at radius 3 is 2.41 bits per heavy atom. The van der Waals surface area contributed by atoms with Gasteiger partial charge in [0.15, 0.2) is 0 Å². The molecule has 164 valence electrons. The average Bonchev–Trinajstić information content (AvgIpc) is 3.21. The summed E-state index contributed by atoms with van der Waals surface area (Å²) >= 11 is 0. The fourth-order valence-electron chi connectivity index (χ4n) is 3.90. The lowest BCUT2D eigenvalue weighted by Crippen LogP contribution is -2.33. The van der Waals surface area contributed by atoms with Crippen LogP contribution >= 0.6 is 0 Å². The standard InChI is InChI=1S/C25H21F3N2O2/c26-25(27,28)18-10-6-9-17(14-18)23(24(31)32)30-22(13-16-7-2-1-3-8-16)20-15-29-21-12-5-4-11-19(20)21/h1-12,14-15,22-23,29-30H,13H2,(H,31,32). The number of nitrogens with one attached hydrogen (secondary N) is 2. The zero-order valence-corrected chi connectivity index (χ0v) is 16.9. The molecule has 0 bridgehead atoms. The minimum Gasteiger partial charge on any atom is -0.480 e. The van der Waals surface area contributed by atoms with Crippen molar-refractivity contribution in [3.8, 4) is 0 Å². The Hall–Kier alpha value is -3.58. The number of alkyl halides is 3. The predicted octanol–water partition coefficient (Wildman–Crippen LogP) is 5.89. The molecule has 4 aromatic rings. The molecular weight excluding hydrogens is 417 g/mol. The molecule has 0 aliphatic carbocycles. The van der Waals surface area contributed by atoms with E-state index in [4.69, 9.17) is 0 Å². The van der Waals surface area contributed by atoms with Crippen molar-refractivity contribution in [3.05, 3.63) is 107 Å². The van der Waals surface area contributed by atoms with Crippen LogP contribution in [0.1, 0.15) is 34.3 Å². The third-order valence-electron chi connectivity index (χ3n) is 5.44. The van der Waals surface area contributed by atoms with E-state index in [9.17, 15) is 23.1 Å². The summed E-state index contributed by atoms with van der Waals surface area (Å²) in [5, 5.41) is 13.9. The fraction of sp³-hybridized carbons (Fsp3) is 0.160. The largest absolute Gasteiger partial charge is 0.480 e. The Labute approximate surface area is 182 Å². The van der Waals surface area contributed by atoms with E-state index < -0.39 is 29.8 Å². The van der Waals surface area contributed by atoms with Crippen LogP contribution < -0.4 is 5.32 Å².